The maximum absolute atomic E-state index is 12.5. The van der Waals surface area contributed by atoms with Crippen molar-refractivity contribution in [2.24, 2.45) is 0 Å². The van der Waals surface area contributed by atoms with E-state index in [1.54, 1.807) is 12.1 Å². The minimum atomic E-state index is -0.314. The van der Waals surface area contributed by atoms with Crippen LogP contribution >= 0.6 is 0 Å². The van der Waals surface area contributed by atoms with Gasteiger partial charge in [0, 0.05) is 22.7 Å². The van der Waals surface area contributed by atoms with E-state index in [0.29, 0.717) is 22.9 Å². The summed E-state index contributed by atoms with van der Waals surface area (Å²) in [4.78, 5) is 29.4. The number of amides is 1. The summed E-state index contributed by atoms with van der Waals surface area (Å²) in [6, 6.07) is 20.3. The van der Waals surface area contributed by atoms with Gasteiger partial charge < -0.3 is 14.8 Å². The first-order valence-corrected chi connectivity index (χ1v) is 9.41. The molecule has 1 aliphatic heterocycles. The zero-order chi connectivity index (χ0) is 20.5. The second kappa shape index (κ2) is 7.36. The molecule has 7 heteroatoms. The van der Waals surface area contributed by atoms with Crippen molar-refractivity contribution in [1.82, 2.24) is 9.55 Å². The van der Waals surface area contributed by atoms with Gasteiger partial charge in [-0.3, -0.25) is 14.2 Å². The number of carbonyl (C=O) groups is 1. The van der Waals surface area contributed by atoms with Gasteiger partial charge in [0.15, 0.2) is 11.5 Å². The van der Waals surface area contributed by atoms with Crippen molar-refractivity contribution in [3.05, 3.63) is 83.4 Å². The molecule has 1 aliphatic rings. The first kappa shape index (κ1) is 17.9. The van der Waals surface area contributed by atoms with Gasteiger partial charge in [-0.1, -0.05) is 36.4 Å². The largest absolute Gasteiger partial charge is 0.454 e. The summed E-state index contributed by atoms with van der Waals surface area (Å²) < 4.78 is 11.9. The molecule has 0 aliphatic carbocycles. The Morgan fingerprint density at radius 2 is 1.83 bits per heavy atom. The molecule has 2 heterocycles. The van der Waals surface area contributed by atoms with Crippen LogP contribution < -0.4 is 20.3 Å². The third kappa shape index (κ3) is 3.37. The summed E-state index contributed by atoms with van der Waals surface area (Å²) in [6.07, 6.45) is 1.38. The van der Waals surface area contributed by atoms with Crippen LogP contribution in [0.15, 0.2) is 77.9 Å². The van der Waals surface area contributed by atoms with Crippen molar-refractivity contribution < 1.29 is 14.3 Å². The average molecular weight is 399 g/mol. The molecular weight excluding hydrogens is 382 g/mol. The Labute approximate surface area is 171 Å². The molecule has 1 amide bonds. The second-order valence-corrected chi connectivity index (χ2v) is 6.88. The van der Waals surface area contributed by atoms with E-state index in [1.165, 1.54) is 17.0 Å². The van der Waals surface area contributed by atoms with E-state index >= 15 is 0 Å². The topological polar surface area (TPSA) is 82.5 Å². The van der Waals surface area contributed by atoms with Gasteiger partial charge in [-0.05, 0) is 29.7 Å². The van der Waals surface area contributed by atoms with Crippen molar-refractivity contribution >= 4 is 22.4 Å². The molecule has 0 spiro atoms. The molecule has 0 unspecified atom stereocenters. The van der Waals surface area contributed by atoms with Gasteiger partial charge in [-0.2, -0.15) is 0 Å². The van der Waals surface area contributed by atoms with Crippen LogP contribution in [0, 0.1) is 0 Å². The summed E-state index contributed by atoms with van der Waals surface area (Å²) in [7, 11) is 0. The number of hydrogen-bond donors (Lipinski definition) is 1. The molecule has 1 aromatic heterocycles. The highest BCUT2D eigenvalue weighted by Crippen LogP contribution is 2.35. The van der Waals surface area contributed by atoms with Gasteiger partial charge >= 0.3 is 0 Å². The van der Waals surface area contributed by atoms with Crippen molar-refractivity contribution in [2.75, 3.05) is 12.1 Å². The van der Waals surface area contributed by atoms with Crippen LogP contribution in [-0.4, -0.2) is 22.3 Å². The molecule has 0 saturated heterocycles. The lowest BCUT2D eigenvalue weighted by Crippen LogP contribution is -2.27. The molecule has 0 fully saturated rings. The van der Waals surface area contributed by atoms with Crippen LogP contribution in [-0.2, 0) is 11.3 Å². The highest BCUT2D eigenvalue weighted by molar-refractivity contribution is 6.02. The van der Waals surface area contributed by atoms with Crippen molar-refractivity contribution in [3.8, 4) is 22.8 Å². The standard InChI is InChI=1S/C23H17N3O4/c27-22(25-18-7-3-5-15-4-1-2-6-17(15)18)12-26-13-24-19(11-23(26)28)16-8-9-20-21(10-16)30-14-29-20/h1-11,13H,12,14H2,(H,25,27). The number of benzene rings is 3. The molecule has 1 N–H and O–H groups in total. The zero-order valence-corrected chi connectivity index (χ0v) is 15.9. The molecule has 0 radical (unpaired) electrons. The minimum absolute atomic E-state index is 0.128. The zero-order valence-electron chi connectivity index (χ0n) is 15.9. The van der Waals surface area contributed by atoms with Crippen molar-refractivity contribution in [1.29, 1.82) is 0 Å². The molecule has 4 aromatic rings. The summed E-state index contributed by atoms with van der Waals surface area (Å²) in [6.45, 7) is 0.0517. The smallest absolute Gasteiger partial charge is 0.254 e. The monoisotopic (exact) mass is 399 g/mol. The predicted octanol–water partition coefficient (Wildman–Crippen LogP) is 3.43. The SMILES string of the molecule is O=C(Cn1cnc(-c2ccc3c(c2)OCO3)cc1=O)Nc1cccc2ccccc12. The lowest BCUT2D eigenvalue weighted by molar-refractivity contribution is -0.116. The van der Waals surface area contributed by atoms with E-state index in [-0.39, 0.29) is 24.8 Å². The number of hydrogen-bond acceptors (Lipinski definition) is 5. The molecule has 7 nitrogen and oxygen atoms in total. The molecule has 148 valence electrons. The van der Waals surface area contributed by atoms with Gasteiger partial charge in [0.25, 0.3) is 5.56 Å². The van der Waals surface area contributed by atoms with Crippen LogP contribution in [0.25, 0.3) is 22.0 Å². The third-order valence-electron chi connectivity index (χ3n) is 4.93. The number of anilines is 1. The minimum Gasteiger partial charge on any atom is -0.454 e. The first-order chi connectivity index (χ1) is 14.7. The maximum Gasteiger partial charge on any atom is 0.254 e. The normalized spacial score (nSPS) is 12.1. The fourth-order valence-corrected chi connectivity index (χ4v) is 3.44. The Morgan fingerprint density at radius 3 is 2.73 bits per heavy atom. The van der Waals surface area contributed by atoms with Gasteiger partial charge in [0.1, 0.15) is 6.54 Å². The number of aromatic nitrogens is 2. The van der Waals surface area contributed by atoms with Crippen LogP contribution in [0.5, 0.6) is 11.5 Å². The Balaban J connectivity index is 1.35. The van der Waals surface area contributed by atoms with E-state index < -0.39 is 0 Å². The number of ether oxygens (including phenoxy) is 2. The Kier molecular flexibility index (Phi) is 4.40. The highest BCUT2D eigenvalue weighted by atomic mass is 16.7. The van der Waals surface area contributed by atoms with Crippen molar-refractivity contribution in [2.45, 2.75) is 6.54 Å². The molecule has 0 atom stereocenters. The van der Waals surface area contributed by atoms with Crippen LogP contribution in [0.4, 0.5) is 5.69 Å². The van der Waals surface area contributed by atoms with Crippen molar-refractivity contribution in [3.63, 3.8) is 0 Å². The van der Waals surface area contributed by atoms with Gasteiger partial charge in [-0.15, -0.1) is 0 Å². The third-order valence-corrected chi connectivity index (χ3v) is 4.93. The maximum atomic E-state index is 12.5. The molecule has 3 aromatic carbocycles. The molecular formula is C23H17N3O4. The quantitative estimate of drug-likeness (QED) is 0.569. The lowest BCUT2D eigenvalue weighted by atomic mass is 10.1. The fraction of sp³-hybridized carbons (Fsp3) is 0.0870. The molecule has 0 bridgehead atoms. The number of nitrogens with zero attached hydrogens (tertiary/aromatic N) is 2. The van der Waals surface area contributed by atoms with E-state index in [2.05, 4.69) is 10.3 Å². The van der Waals surface area contributed by atoms with Gasteiger partial charge in [0.2, 0.25) is 12.7 Å². The Morgan fingerprint density at radius 1 is 1.00 bits per heavy atom. The van der Waals surface area contributed by atoms with E-state index in [9.17, 15) is 9.59 Å². The molecule has 30 heavy (non-hydrogen) atoms. The Hall–Kier alpha value is -4.13. The summed E-state index contributed by atoms with van der Waals surface area (Å²) in [5.74, 6) is 0.983. The lowest BCUT2D eigenvalue weighted by Gasteiger charge is -2.10. The first-order valence-electron chi connectivity index (χ1n) is 9.41. The average Bonchev–Trinajstić information content (AvgIpc) is 3.23. The van der Waals surface area contributed by atoms with Crippen LogP contribution in [0.3, 0.4) is 0 Å². The number of nitrogens with one attached hydrogen (secondary N) is 1. The van der Waals surface area contributed by atoms with Crippen LogP contribution in [0.2, 0.25) is 0 Å². The number of fused-ring (bicyclic) bond motifs is 2. The van der Waals surface area contributed by atoms with E-state index in [4.69, 9.17) is 9.47 Å². The van der Waals surface area contributed by atoms with Gasteiger partial charge in [0.05, 0.1) is 12.0 Å². The Bertz CT molecular complexity index is 1320. The molecule has 5 rings (SSSR count). The fourth-order valence-electron chi connectivity index (χ4n) is 3.44. The van der Waals surface area contributed by atoms with Crippen LogP contribution in [0.1, 0.15) is 0 Å². The summed E-state index contributed by atoms with van der Waals surface area (Å²) >= 11 is 0. The summed E-state index contributed by atoms with van der Waals surface area (Å²) in [5, 5.41) is 4.85. The predicted molar refractivity (Wildman–Crippen MR) is 113 cm³/mol. The highest BCUT2D eigenvalue weighted by Gasteiger charge is 2.15. The van der Waals surface area contributed by atoms with Gasteiger partial charge in [-0.25, -0.2) is 4.98 Å². The summed E-state index contributed by atoms with van der Waals surface area (Å²) in [5.41, 5.74) is 1.63. The van der Waals surface area contributed by atoms with E-state index in [0.717, 1.165) is 16.3 Å². The second-order valence-electron chi connectivity index (χ2n) is 6.88. The number of rotatable bonds is 4. The van der Waals surface area contributed by atoms with E-state index in [1.807, 2.05) is 48.5 Å². The molecule has 0 saturated carbocycles. The number of carbonyl (C=O) groups excluding carboxylic acids is 1.